The number of tetrazole rings is 1. The summed E-state index contributed by atoms with van der Waals surface area (Å²) in [6.07, 6.45) is -4.63. The Hall–Kier alpha value is -1.81. The van der Waals surface area contributed by atoms with Crippen LogP contribution < -0.4 is 5.32 Å². The standard InChI is InChI=1S/C15H17ClF3N5OS/c1-8(2)7-24-14(21-22-23-24)26-9(3)13(25)20-12-5-4-10(16)6-11(12)15(17,18)19/h4-6,8-9H,7H2,1-3H3,(H,20,25)/t9-/m1/s1. The van der Waals surface area contributed by atoms with Crippen LogP contribution >= 0.6 is 23.4 Å². The van der Waals surface area contributed by atoms with Crippen molar-refractivity contribution in [3.8, 4) is 0 Å². The second-order valence-electron chi connectivity index (χ2n) is 5.97. The Morgan fingerprint density at radius 2 is 2.04 bits per heavy atom. The molecule has 1 N–H and O–H groups in total. The smallest absolute Gasteiger partial charge is 0.325 e. The molecule has 0 saturated heterocycles. The number of rotatable bonds is 6. The largest absolute Gasteiger partial charge is 0.418 e. The van der Waals surface area contributed by atoms with E-state index in [-0.39, 0.29) is 10.7 Å². The van der Waals surface area contributed by atoms with Gasteiger partial charge in [-0.05, 0) is 41.5 Å². The monoisotopic (exact) mass is 407 g/mol. The molecular formula is C15H17ClF3N5OS. The molecule has 6 nitrogen and oxygen atoms in total. The second kappa shape index (κ2) is 8.26. The van der Waals surface area contributed by atoms with Crippen LogP contribution in [-0.2, 0) is 17.5 Å². The molecule has 0 fully saturated rings. The highest BCUT2D eigenvalue weighted by molar-refractivity contribution is 8.00. The van der Waals surface area contributed by atoms with Gasteiger partial charge < -0.3 is 5.32 Å². The number of carbonyl (C=O) groups excluding carboxylic acids is 1. The van der Waals surface area contributed by atoms with Gasteiger partial charge in [-0.25, -0.2) is 4.68 Å². The van der Waals surface area contributed by atoms with Gasteiger partial charge in [-0.1, -0.05) is 37.2 Å². The molecule has 0 radical (unpaired) electrons. The Bertz CT molecular complexity index is 781. The highest BCUT2D eigenvalue weighted by Crippen LogP contribution is 2.36. The molecule has 0 aliphatic carbocycles. The zero-order valence-electron chi connectivity index (χ0n) is 14.2. The predicted molar refractivity (Wildman–Crippen MR) is 93.1 cm³/mol. The van der Waals surface area contributed by atoms with Crippen LogP contribution in [0.1, 0.15) is 26.3 Å². The molecule has 11 heteroatoms. The maximum atomic E-state index is 13.1. The molecule has 0 spiro atoms. The summed E-state index contributed by atoms with van der Waals surface area (Å²) in [6, 6.07) is 3.19. The van der Waals surface area contributed by atoms with Crippen molar-refractivity contribution in [1.82, 2.24) is 20.2 Å². The van der Waals surface area contributed by atoms with Crippen LogP contribution in [-0.4, -0.2) is 31.4 Å². The van der Waals surface area contributed by atoms with Crippen LogP contribution in [0.5, 0.6) is 0 Å². The van der Waals surface area contributed by atoms with Crippen molar-refractivity contribution in [2.45, 2.75) is 43.9 Å². The van der Waals surface area contributed by atoms with E-state index >= 15 is 0 Å². The molecule has 1 aromatic heterocycles. The van der Waals surface area contributed by atoms with Crippen LogP contribution in [0, 0.1) is 5.92 Å². The molecular weight excluding hydrogens is 391 g/mol. The average Bonchev–Trinajstić information content (AvgIpc) is 2.94. The van der Waals surface area contributed by atoms with E-state index in [2.05, 4.69) is 20.8 Å². The number of carbonyl (C=O) groups is 1. The fraction of sp³-hybridized carbons (Fsp3) is 0.467. The van der Waals surface area contributed by atoms with Gasteiger partial charge in [0, 0.05) is 11.6 Å². The summed E-state index contributed by atoms with van der Waals surface area (Å²) < 4.78 is 40.9. The predicted octanol–water partition coefficient (Wildman–Crippen LogP) is 4.12. The minimum absolute atomic E-state index is 0.0643. The second-order valence-corrected chi connectivity index (χ2v) is 7.72. The number of halogens is 4. The first-order valence-corrected chi connectivity index (χ1v) is 8.94. The molecule has 2 rings (SSSR count). The molecule has 0 aliphatic rings. The van der Waals surface area contributed by atoms with Crippen LogP contribution in [0.4, 0.5) is 18.9 Å². The fourth-order valence-electron chi connectivity index (χ4n) is 2.05. The average molecular weight is 408 g/mol. The Labute approximate surface area is 157 Å². The first-order valence-electron chi connectivity index (χ1n) is 7.68. The Morgan fingerprint density at radius 1 is 1.35 bits per heavy atom. The molecule has 0 aliphatic heterocycles. The number of benzene rings is 1. The van der Waals surface area contributed by atoms with E-state index in [0.717, 1.165) is 23.9 Å². The van der Waals surface area contributed by atoms with E-state index in [1.807, 2.05) is 13.8 Å². The van der Waals surface area contributed by atoms with E-state index < -0.39 is 22.9 Å². The minimum atomic E-state index is -4.63. The summed E-state index contributed by atoms with van der Waals surface area (Å²) in [6.45, 7) is 6.12. The molecule has 0 saturated carbocycles. The topological polar surface area (TPSA) is 72.7 Å². The zero-order chi connectivity index (χ0) is 19.5. The fourth-order valence-corrected chi connectivity index (χ4v) is 3.02. The highest BCUT2D eigenvalue weighted by atomic mass is 35.5. The quantitative estimate of drug-likeness (QED) is 0.729. The summed E-state index contributed by atoms with van der Waals surface area (Å²) in [4.78, 5) is 12.3. The number of aromatic nitrogens is 4. The third kappa shape index (κ3) is 5.34. The third-order valence-electron chi connectivity index (χ3n) is 3.23. The molecule has 1 aromatic carbocycles. The molecule has 0 unspecified atom stereocenters. The van der Waals surface area contributed by atoms with Crippen molar-refractivity contribution in [2.24, 2.45) is 5.92 Å². The SMILES string of the molecule is CC(C)Cn1nnnc1S[C@H](C)C(=O)Nc1ccc(Cl)cc1C(F)(F)F. The van der Waals surface area contributed by atoms with Crippen molar-refractivity contribution in [1.29, 1.82) is 0 Å². The number of alkyl halides is 3. The molecule has 142 valence electrons. The van der Waals surface area contributed by atoms with E-state index in [1.54, 1.807) is 11.6 Å². The van der Waals surface area contributed by atoms with Gasteiger partial charge >= 0.3 is 6.18 Å². The summed E-state index contributed by atoms with van der Waals surface area (Å²) >= 11 is 6.70. The molecule has 2 aromatic rings. The molecule has 1 heterocycles. The molecule has 1 atom stereocenters. The number of hydrogen-bond donors (Lipinski definition) is 1. The minimum Gasteiger partial charge on any atom is -0.325 e. The highest BCUT2D eigenvalue weighted by Gasteiger charge is 2.34. The van der Waals surface area contributed by atoms with Gasteiger partial charge in [0.15, 0.2) is 0 Å². The normalized spacial score (nSPS) is 13.1. The maximum absolute atomic E-state index is 13.1. The van der Waals surface area contributed by atoms with Gasteiger partial charge in [0.2, 0.25) is 11.1 Å². The number of nitrogens with one attached hydrogen (secondary N) is 1. The molecule has 26 heavy (non-hydrogen) atoms. The van der Waals surface area contributed by atoms with E-state index in [0.29, 0.717) is 17.6 Å². The lowest BCUT2D eigenvalue weighted by Gasteiger charge is -2.16. The van der Waals surface area contributed by atoms with Crippen LogP contribution in [0.15, 0.2) is 23.4 Å². The Kier molecular flexibility index (Phi) is 6.51. The van der Waals surface area contributed by atoms with E-state index in [1.165, 1.54) is 6.07 Å². The first-order chi connectivity index (χ1) is 12.1. The molecule has 1 amide bonds. The van der Waals surface area contributed by atoms with Crippen molar-refractivity contribution >= 4 is 35.0 Å². The van der Waals surface area contributed by atoms with Crippen LogP contribution in [0.3, 0.4) is 0 Å². The number of amides is 1. The number of anilines is 1. The maximum Gasteiger partial charge on any atom is 0.418 e. The van der Waals surface area contributed by atoms with Crippen LogP contribution in [0.25, 0.3) is 0 Å². The van der Waals surface area contributed by atoms with Crippen molar-refractivity contribution in [2.75, 3.05) is 5.32 Å². The summed E-state index contributed by atoms with van der Waals surface area (Å²) in [5.74, 6) is -0.299. The van der Waals surface area contributed by atoms with Gasteiger partial charge in [0.05, 0.1) is 16.5 Å². The van der Waals surface area contributed by atoms with E-state index in [4.69, 9.17) is 11.6 Å². The van der Waals surface area contributed by atoms with Gasteiger partial charge in [-0.15, -0.1) is 5.10 Å². The molecule has 0 bridgehead atoms. The lowest BCUT2D eigenvalue weighted by molar-refractivity contribution is -0.137. The Morgan fingerprint density at radius 3 is 2.65 bits per heavy atom. The lowest BCUT2D eigenvalue weighted by Crippen LogP contribution is -2.25. The van der Waals surface area contributed by atoms with Crippen molar-refractivity contribution in [3.63, 3.8) is 0 Å². The van der Waals surface area contributed by atoms with Crippen LogP contribution in [0.2, 0.25) is 5.02 Å². The van der Waals surface area contributed by atoms with Crippen molar-refractivity contribution in [3.05, 3.63) is 28.8 Å². The number of hydrogen-bond acceptors (Lipinski definition) is 5. The number of thioether (sulfide) groups is 1. The van der Waals surface area contributed by atoms with E-state index in [9.17, 15) is 18.0 Å². The number of nitrogens with zero attached hydrogens (tertiary/aromatic N) is 4. The summed E-state index contributed by atoms with van der Waals surface area (Å²) in [5.41, 5.74) is -1.35. The Balaban J connectivity index is 2.12. The summed E-state index contributed by atoms with van der Waals surface area (Å²) in [5, 5.41) is 13.2. The van der Waals surface area contributed by atoms with Crippen molar-refractivity contribution < 1.29 is 18.0 Å². The van der Waals surface area contributed by atoms with Gasteiger partial charge in [0.1, 0.15) is 0 Å². The lowest BCUT2D eigenvalue weighted by atomic mass is 10.1. The van der Waals surface area contributed by atoms with Gasteiger partial charge in [0.25, 0.3) is 0 Å². The first kappa shape index (κ1) is 20.5. The van der Waals surface area contributed by atoms with Gasteiger partial charge in [-0.2, -0.15) is 13.2 Å². The third-order valence-corrected chi connectivity index (χ3v) is 4.54. The van der Waals surface area contributed by atoms with Gasteiger partial charge in [-0.3, -0.25) is 4.79 Å². The summed E-state index contributed by atoms with van der Waals surface area (Å²) in [7, 11) is 0. The zero-order valence-corrected chi connectivity index (χ0v) is 15.8.